The molecule has 0 aromatic heterocycles. The Kier molecular flexibility index (Phi) is 5.27. The average molecular weight is 300 g/mol. The topological polar surface area (TPSA) is 15.3 Å². The molecule has 1 N–H and O–H groups in total. The van der Waals surface area contributed by atoms with Crippen molar-refractivity contribution in [2.24, 2.45) is 5.41 Å². The van der Waals surface area contributed by atoms with Gasteiger partial charge in [0.05, 0.1) is 6.42 Å². The van der Waals surface area contributed by atoms with Crippen LogP contribution in [-0.2, 0) is 6.54 Å². The van der Waals surface area contributed by atoms with E-state index in [9.17, 15) is 13.2 Å². The number of nitrogens with zero attached hydrogens (tertiary/aromatic N) is 1. The van der Waals surface area contributed by atoms with Gasteiger partial charge in [-0.1, -0.05) is 37.3 Å². The van der Waals surface area contributed by atoms with Gasteiger partial charge in [0, 0.05) is 26.2 Å². The maximum Gasteiger partial charge on any atom is 0.390 e. The number of alkyl halides is 3. The fourth-order valence-corrected chi connectivity index (χ4v) is 2.88. The molecule has 0 radical (unpaired) electrons. The van der Waals surface area contributed by atoms with Crippen molar-refractivity contribution in [3.05, 3.63) is 35.9 Å². The Morgan fingerprint density at radius 1 is 1.24 bits per heavy atom. The summed E-state index contributed by atoms with van der Waals surface area (Å²) in [5.41, 5.74) is 1.13. The fourth-order valence-electron chi connectivity index (χ4n) is 2.88. The predicted molar refractivity (Wildman–Crippen MR) is 78.0 cm³/mol. The molecular weight excluding hydrogens is 277 g/mol. The average Bonchev–Trinajstić information content (AvgIpc) is 2.83. The lowest BCUT2D eigenvalue weighted by molar-refractivity contribution is -0.139. The van der Waals surface area contributed by atoms with E-state index in [1.807, 2.05) is 35.2 Å². The van der Waals surface area contributed by atoms with Crippen LogP contribution in [0.15, 0.2) is 30.3 Å². The summed E-state index contributed by atoms with van der Waals surface area (Å²) in [4.78, 5) is 1.94. The molecule has 1 fully saturated rings. The van der Waals surface area contributed by atoms with Crippen LogP contribution in [0.1, 0.15) is 25.3 Å². The standard InChI is InChI=1S/C16H23F3N2/c1-15(7-9-20-12-15)13-21(10-8-16(17,18)19)11-14-5-3-2-4-6-14/h2-6,20H,7-13H2,1H3. The molecule has 1 saturated heterocycles. The molecule has 21 heavy (non-hydrogen) atoms. The fraction of sp³-hybridized carbons (Fsp3) is 0.625. The zero-order chi connectivity index (χ0) is 15.3. The Morgan fingerprint density at radius 2 is 1.95 bits per heavy atom. The highest BCUT2D eigenvalue weighted by molar-refractivity contribution is 5.14. The highest BCUT2D eigenvalue weighted by atomic mass is 19.4. The van der Waals surface area contributed by atoms with E-state index in [1.54, 1.807) is 0 Å². The van der Waals surface area contributed by atoms with Crippen molar-refractivity contribution in [1.82, 2.24) is 10.2 Å². The lowest BCUT2D eigenvalue weighted by Gasteiger charge is -2.32. The minimum Gasteiger partial charge on any atom is -0.316 e. The van der Waals surface area contributed by atoms with E-state index in [4.69, 9.17) is 0 Å². The maximum absolute atomic E-state index is 12.5. The molecule has 1 aliphatic heterocycles. The van der Waals surface area contributed by atoms with Crippen molar-refractivity contribution in [2.45, 2.75) is 32.5 Å². The first-order chi connectivity index (χ1) is 9.86. The van der Waals surface area contributed by atoms with Gasteiger partial charge in [0.2, 0.25) is 0 Å². The van der Waals surface area contributed by atoms with Gasteiger partial charge < -0.3 is 5.32 Å². The number of hydrogen-bond acceptors (Lipinski definition) is 2. The Balaban J connectivity index is 1.99. The highest BCUT2D eigenvalue weighted by Gasteiger charge is 2.33. The summed E-state index contributed by atoms with van der Waals surface area (Å²) in [7, 11) is 0. The first kappa shape index (κ1) is 16.3. The molecule has 1 unspecified atom stereocenters. The van der Waals surface area contributed by atoms with E-state index >= 15 is 0 Å². The summed E-state index contributed by atoms with van der Waals surface area (Å²) >= 11 is 0. The van der Waals surface area contributed by atoms with Crippen LogP contribution in [0.4, 0.5) is 13.2 Å². The highest BCUT2D eigenvalue weighted by Crippen LogP contribution is 2.28. The van der Waals surface area contributed by atoms with Crippen LogP contribution in [0.5, 0.6) is 0 Å². The Morgan fingerprint density at radius 3 is 2.52 bits per heavy atom. The third-order valence-corrected chi connectivity index (χ3v) is 4.02. The molecule has 0 amide bonds. The maximum atomic E-state index is 12.5. The number of nitrogens with one attached hydrogen (secondary N) is 1. The molecule has 118 valence electrons. The Labute approximate surface area is 124 Å². The van der Waals surface area contributed by atoms with Gasteiger partial charge >= 0.3 is 6.18 Å². The molecule has 5 heteroatoms. The van der Waals surface area contributed by atoms with E-state index in [-0.39, 0.29) is 12.0 Å². The zero-order valence-corrected chi connectivity index (χ0v) is 12.4. The van der Waals surface area contributed by atoms with Gasteiger partial charge in [0.25, 0.3) is 0 Å². The quantitative estimate of drug-likeness (QED) is 0.866. The lowest BCUT2D eigenvalue weighted by Crippen LogP contribution is -2.38. The van der Waals surface area contributed by atoms with Crippen molar-refractivity contribution < 1.29 is 13.2 Å². The third-order valence-electron chi connectivity index (χ3n) is 4.02. The lowest BCUT2D eigenvalue weighted by atomic mass is 9.89. The molecule has 1 aromatic rings. The van der Waals surface area contributed by atoms with Crippen LogP contribution >= 0.6 is 0 Å². The molecule has 1 aliphatic rings. The van der Waals surface area contributed by atoms with Crippen molar-refractivity contribution in [3.8, 4) is 0 Å². The summed E-state index contributed by atoms with van der Waals surface area (Å²) < 4.78 is 37.6. The predicted octanol–water partition coefficient (Wildman–Crippen LogP) is 3.44. The van der Waals surface area contributed by atoms with Crippen LogP contribution in [0, 0.1) is 5.41 Å². The van der Waals surface area contributed by atoms with Crippen molar-refractivity contribution in [2.75, 3.05) is 26.2 Å². The molecular formula is C16H23F3N2. The summed E-state index contributed by atoms with van der Waals surface area (Å²) in [5, 5.41) is 3.31. The van der Waals surface area contributed by atoms with E-state index in [2.05, 4.69) is 12.2 Å². The summed E-state index contributed by atoms with van der Waals surface area (Å²) in [6.07, 6.45) is -3.82. The molecule has 1 aromatic carbocycles. The Hall–Kier alpha value is -1.07. The minimum absolute atomic E-state index is 0.0635. The zero-order valence-electron chi connectivity index (χ0n) is 12.4. The molecule has 0 spiro atoms. The first-order valence-electron chi connectivity index (χ1n) is 7.40. The number of benzene rings is 1. The molecule has 2 rings (SSSR count). The first-order valence-corrected chi connectivity index (χ1v) is 7.40. The SMILES string of the molecule is CC1(CN(CCC(F)(F)F)Cc2ccccc2)CCNC1. The van der Waals surface area contributed by atoms with E-state index in [1.165, 1.54) is 0 Å². The van der Waals surface area contributed by atoms with Gasteiger partial charge in [-0.05, 0) is 23.9 Å². The van der Waals surface area contributed by atoms with Gasteiger partial charge in [-0.3, -0.25) is 4.90 Å². The van der Waals surface area contributed by atoms with Gasteiger partial charge in [-0.2, -0.15) is 13.2 Å². The molecule has 0 saturated carbocycles. The summed E-state index contributed by atoms with van der Waals surface area (Å²) in [6.45, 7) is 5.32. The molecule has 1 heterocycles. The number of halogens is 3. The molecule has 0 bridgehead atoms. The second-order valence-electron chi connectivity index (χ2n) is 6.30. The van der Waals surface area contributed by atoms with Crippen LogP contribution in [-0.4, -0.2) is 37.3 Å². The summed E-state index contributed by atoms with van der Waals surface area (Å²) in [6, 6.07) is 9.71. The Bertz CT molecular complexity index is 425. The molecule has 1 atom stereocenters. The monoisotopic (exact) mass is 300 g/mol. The van der Waals surface area contributed by atoms with Crippen LogP contribution < -0.4 is 5.32 Å². The van der Waals surface area contributed by atoms with Crippen LogP contribution in [0.25, 0.3) is 0 Å². The van der Waals surface area contributed by atoms with Gasteiger partial charge in [0.15, 0.2) is 0 Å². The smallest absolute Gasteiger partial charge is 0.316 e. The van der Waals surface area contributed by atoms with E-state index < -0.39 is 12.6 Å². The van der Waals surface area contributed by atoms with Crippen LogP contribution in [0.2, 0.25) is 0 Å². The summed E-state index contributed by atoms with van der Waals surface area (Å²) in [5.74, 6) is 0. The van der Waals surface area contributed by atoms with E-state index in [0.717, 1.165) is 25.1 Å². The van der Waals surface area contributed by atoms with Crippen molar-refractivity contribution in [3.63, 3.8) is 0 Å². The van der Waals surface area contributed by atoms with Crippen molar-refractivity contribution in [1.29, 1.82) is 0 Å². The minimum atomic E-state index is -4.09. The molecule has 0 aliphatic carbocycles. The molecule has 2 nitrogen and oxygen atoms in total. The number of hydrogen-bond donors (Lipinski definition) is 1. The largest absolute Gasteiger partial charge is 0.390 e. The van der Waals surface area contributed by atoms with Gasteiger partial charge in [-0.15, -0.1) is 0 Å². The van der Waals surface area contributed by atoms with Gasteiger partial charge in [0.1, 0.15) is 0 Å². The van der Waals surface area contributed by atoms with Gasteiger partial charge in [-0.25, -0.2) is 0 Å². The van der Waals surface area contributed by atoms with Crippen molar-refractivity contribution >= 4 is 0 Å². The third kappa shape index (κ3) is 5.67. The normalized spacial score (nSPS) is 22.9. The van der Waals surface area contributed by atoms with Crippen LogP contribution in [0.3, 0.4) is 0 Å². The number of rotatable bonds is 6. The van der Waals surface area contributed by atoms with E-state index in [0.29, 0.717) is 13.1 Å². The second-order valence-corrected chi connectivity index (χ2v) is 6.30. The second kappa shape index (κ2) is 6.79.